The van der Waals surface area contributed by atoms with Gasteiger partial charge < -0.3 is 5.11 Å². The third-order valence-electron chi connectivity index (χ3n) is 3.82. The van der Waals surface area contributed by atoms with E-state index in [2.05, 4.69) is 29.4 Å². The largest absolute Gasteiger partial charge is 0.481 e. The Bertz CT molecular complexity index is 445. The maximum Gasteiger partial charge on any atom is 0.305 e. The van der Waals surface area contributed by atoms with Crippen LogP contribution in [-0.4, -0.2) is 31.3 Å². The molecule has 0 radical (unpaired) electrons. The van der Waals surface area contributed by atoms with Crippen LogP contribution in [0.5, 0.6) is 0 Å². The monoisotopic (exact) mass is 296 g/mol. The molecule has 1 aromatic rings. The number of hydrogen-bond acceptors (Lipinski definition) is 4. The van der Waals surface area contributed by atoms with E-state index in [-0.39, 0.29) is 17.9 Å². The molecule has 0 aliphatic carbocycles. The molecule has 0 saturated heterocycles. The zero-order valence-corrected chi connectivity index (χ0v) is 13.8. The number of tetrazole rings is 1. The van der Waals surface area contributed by atoms with Gasteiger partial charge in [-0.2, -0.15) is 0 Å². The minimum absolute atomic E-state index is 0.0342. The van der Waals surface area contributed by atoms with Crippen LogP contribution in [-0.2, 0) is 4.79 Å². The molecule has 0 spiro atoms. The van der Waals surface area contributed by atoms with E-state index in [9.17, 15) is 9.90 Å². The van der Waals surface area contributed by atoms with Crippen molar-refractivity contribution in [2.24, 2.45) is 5.41 Å². The van der Waals surface area contributed by atoms with Gasteiger partial charge >= 0.3 is 5.97 Å². The average molecular weight is 296 g/mol. The first kappa shape index (κ1) is 17.6. The fraction of sp³-hybridized carbons (Fsp3) is 0.867. The molecule has 0 aromatic carbocycles. The lowest BCUT2D eigenvalue weighted by Crippen LogP contribution is -2.30. The summed E-state index contributed by atoms with van der Waals surface area (Å²) in [5.41, 5.74) is -0.217. The maximum absolute atomic E-state index is 11.2. The average Bonchev–Trinajstić information content (AvgIpc) is 2.82. The van der Waals surface area contributed by atoms with Crippen LogP contribution in [0.4, 0.5) is 0 Å². The molecular weight excluding hydrogens is 268 g/mol. The van der Waals surface area contributed by atoms with Crippen molar-refractivity contribution in [3.63, 3.8) is 0 Å². The third-order valence-corrected chi connectivity index (χ3v) is 3.82. The van der Waals surface area contributed by atoms with Crippen molar-refractivity contribution >= 4 is 5.97 Å². The first-order valence-corrected chi connectivity index (χ1v) is 7.80. The third kappa shape index (κ3) is 4.79. The molecule has 21 heavy (non-hydrogen) atoms. The van der Waals surface area contributed by atoms with Crippen molar-refractivity contribution in [2.75, 3.05) is 0 Å². The van der Waals surface area contributed by atoms with Gasteiger partial charge in [-0.05, 0) is 28.7 Å². The fourth-order valence-corrected chi connectivity index (χ4v) is 2.72. The van der Waals surface area contributed by atoms with Crippen molar-refractivity contribution in [1.29, 1.82) is 0 Å². The standard InChI is InChI=1S/C15H28N4O2/c1-6-8-11(9-7-2)14-16-17-18-19(14)12(10-13(20)21)15(3,4)5/h11-12H,6-10H2,1-5H3,(H,20,21). The predicted octanol–water partition coefficient (Wildman–Crippen LogP) is 3.42. The number of aliphatic carboxylic acids is 1. The lowest BCUT2D eigenvalue weighted by atomic mass is 9.84. The molecule has 0 amide bonds. The van der Waals surface area contributed by atoms with Gasteiger partial charge in [-0.15, -0.1) is 5.10 Å². The Morgan fingerprint density at radius 2 is 1.81 bits per heavy atom. The van der Waals surface area contributed by atoms with E-state index in [1.165, 1.54) is 0 Å². The van der Waals surface area contributed by atoms with Gasteiger partial charge in [0.15, 0.2) is 5.82 Å². The number of rotatable bonds is 8. The second-order valence-electron chi connectivity index (χ2n) is 6.74. The summed E-state index contributed by atoms with van der Waals surface area (Å²) in [5, 5.41) is 21.3. The molecule has 1 aromatic heterocycles. The number of carbonyl (C=O) groups is 1. The molecule has 1 N–H and O–H groups in total. The summed E-state index contributed by atoms with van der Waals surface area (Å²) >= 11 is 0. The lowest BCUT2D eigenvalue weighted by molar-refractivity contribution is -0.138. The summed E-state index contributed by atoms with van der Waals surface area (Å²) in [5.74, 6) is 0.312. The Balaban J connectivity index is 3.15. The zero-order valence-electron chi connectivity index (χ0n) is 13.8. The number of carboxylic acid groups (broad SMARTS) is 1. The number of aromatic nitrogens is 4. The van der Waals surface area contributed by atoms with Crippen LogP contribution < -0.4 is 0 Å². The Labute approximate surface area is 126 Å². The molecule has 1 rings (SSSR count). The van der Waals surface area contributed by atoms with Gasteiger partial charge in [0, 0.05) is 5.92 Å². The second kappa shape index (κ2) is 7.52. The van der Waals surface area contributed by atoms with E-state index in [4.69, 9.17) is 0 Å². The fourth-order valence-electron chi connectivity index (χ4n) is 2.72. The van der Waals surface area contributed by atoms with Gasteiger partial charge in [0.1, 0.15) is 0 Å². The highest BCUT2D eigenvalue weighted by Crippen LogP contribution is 2.35. The van der Waals surface area contributed by atoms with Crippen LogP contribution in [0.1, 0.15) is 84.5 Å². The second-order valence-corrected chi connectivity index (χ2v) is 6.74. The summed E-state index contributed by atoms with van der Waals surface area (Å²) in [7, 11) is 0. The van der Waals surface area contributed by atoms with Crippen LogP contribution in [0, 0.1) is 5.41 Å². The van der Waals surface area contributed by atoms with Crippen molar-refractivity contribution < 1.29 is 9.90 Å². The van der Waals surface area contributed by atoms with E-state index in [1.807, 2.05) is 20.8 Å². The van der Waals surface area contributed by atoms with Crippen LogP contribution in [0.2, 0.25) is 0 Å². The highest BCUT2D eigenvalue weighted by Gasteiger charge is 2.33. The zero-order chi connectivity index (χ0) is 16.0. The summed E-state index contributed by atoms with van der Waals surface area (Å²) in [6, 6.07) is -0.240. The van der Waals surface area contributed by atoms with E-state index < -0.39 is 5.97 Å². The molecular formula is C15H28N4O2. The lowest BCUT2D eigenvalue weighted by Gasteiger charge is -2.31. The van der Waals surface area contributed by atoms with Crippen molar-refractivity contribution in [3.05, 3.63) is 5.82 Å². The maximum atomic E-state index is 11.2. The summed E-state index contributed by atoms with van der Waals surface area (Å²) in [6.45, 7) is 10.4. The molecule has 0 fully saturated rings. The van der Waals surface area contributed by atoms with Crippen molar-refractivity contribution in [3.8, 4) is 0 Å². The smallest absolute Gasteiger partial charge is 0.305 e. The number of hydrogen-bond donors (Lipinski definition) is 1. The Hall–Kier alpha value is -1.46. The van der Waals surface area contributed by atoms with E-state index >= 15 is 0 Å². The molecule has 6 heteroatoms. The van der Waals surface area contributed by atoms with E-state index in [0.717, 1.165) is 31.5 Å². The predicted molar refractivity (Wildman–Crippen MR) is 81.1 cm³/mol. The van der Waals surface area contributed by atoms with E-state index in [1.54, 1.807) is 4.68 Å². The highest BCUT2D eigenvalue weighted by atomic mass is 16.4. The molecule has 1 heterocycles. The minimum Gasteiger partial charge on any atom is -0.481 e. The van der Waals surface area contributed by atoms with Gasteiger partial charge in [0.05, 0.1) is 12.5 Å². The van der Waals surface area contributed by atoms with Crippen LogP contribution >= 0.6 is 0 Å². The minimum atomic E-state index is -0.820. The Morgan fingerprint density at radius 1 is 1.24 bits per heavy atom. The molecule has 1 unspecified atom stereocenters. The summed E-state index contributed by atoms with van der Waals surface area (Å²) in [4.78, 5) is 11.2. The molecule has 120 valence electrons. The van der Waals surface area contributed by atoms with Crippen LogP contribution in [0.3, 0.4) is 0 Å². The SMILES string of the molecule is CCCC(CCC)c1nnnn1C(CC(=O)O)C(C)(C)C. The van der Waals surface area contributed by atoms with Crippen LogP contribution in [0.25, 0.3) is 0 Å². The van der Waals surface area contributed by atoms with Crippen LogP contribution in [0.15, 0.2) is 0 Å². The molecule has 0 bridgehead atoms. The van der Waals surface area contributed by atoms with Gasteiger partial charge in [-0.1, -0.05) is 47.5 Å². The van der Waals surface area contributed by atoms with Gasteiger partial charge in [-0.3, -0.25) is 4.79 Å². The molecule has 0 aliphatic rings. The molecule has 0 aliphatic heterocycles. The molecule has 1 atom stereocenters. The Kier molecular flexibility index (Phi) is 6.30. The Morgan fingerprint density at radius 3 is 2.24 bits per heavy atom. The van der Waals surface area contributed by atoms with Gasteiger partial charge in [0.2, 0.25) is 0 Å². The van der Waals surface area contributed by atoms with Gasteiger partial charge in [-0.25, -0.2) is 4.68 Å². The summed E-state index contributed by atoms with van der Waals surface area (Å²) < 4.78 is 1.75. The summed E-state index contributed by atoms with van der Waals surface area (Å²) in [6.07, 6.45) is 4.22. The number of carboxylic acids is 1. The molecule has 6 nitrogen and oxygen atoms in total. The first-order chi connectivity index (χ1) is 9.81. The topological polar surface area (TPSA) is 80.9 Å². The highest BCUT2D eigenvalue weighted by molar-refractivity contribution is 5.67. The van der Waals surface area contributed by atoms with E-state index in [0.29, 0.717) is 5.92 Å². The molecule has 0 saturated carbocycles. The number of nitrogens with zero attached hydrogens (tertiary/aromatic N) is 4. The van der Waals surface area contributed by atoms with Crippen molar-refractivity contribution in [2.45, 2.75) is 78.7 Å². The quantitative estimate of drug-likeness (QED) is 0.795. The van der Waals surface area contributed by atoms with Gasteiger partial charge in [0.25, 0.3) is 0 Å². The normalized spacial score (nSPS) is 13.6. The van der Waals surface area contributed by atoms with Crippen molar-refractivity contribution in [1.82, 2.24) is 20.2 Å². The first-order valence-electron chi connectivity index (χ1n) is 7.80.